The maximum absolute atomic E-state index is 13.1. The Kier molecular flexibility index (Phi) is 9.07. The van der Waals surface area contributed by atoms with Gasteiger partial charge in [0, 0.05) is 32.5 Å². The summed E-state index contributed by atoms with van der Waals surface area (Å²) in [5, 5.41) is 6.56. The first-order chi connectivity index (χ1) is 15.1. The molecule has 1 fully saturated rings. The number of rotatable bonds is 9. The van der Waals surface area contributed by atoms with E-state index in [9.17, 15) is 4.79 Å². The molecule has 2 aliphatic heterocycles. The van der Waals surface area contributed by atoms with E-state index >= 15 is 0 Å². The van der Waals surface area contributed by atoms with E-state index in [0.29, 0.717) is 47.6 Å². The van der Waals surface area contributed by atoms with E-state index < -0.39 is 0 Å². The van der Waals surface area contributed by atoms with Crippen molar-refractivity contribution in [2.75, 3.05) is 67.2 Å². The Balaban J connectivity index is 1.65. The van der Waals surface area contributed by atoms with Crippen LogP contribution in [0.1, 0.15) is 29.6 Å². The number of benzene rings is 1. The van der Waals surface area contributed by atoms with Crippen LogP contribution in [-0.4, -0.2) is 84.1 Å². The molecule has 0 aliphatic carbocycles. The molecule has 0 bridgehead atoms. The van der Waals surface area contributed by atoms with Gasteiger partial charge in [-0.25, -0.2) is 0 Å². The van der Waals surface area contributed by atoms with Gasteiger partial charge in [-0.05, 0) is 45.6 Å². The number of likely N-dealkylation sites (tertiary alicyclic amines) is 1. The SMILES string of the molecule is CNCCCN1CC[C@@H](CNC(=O)c2cc(Cl)c(OC)c3c2OCCCO3)[C@H](OC)C1. The minimum absolute atomic E-state index is 0.0831. The fraction of sp³-hybridized carbons (Fsp3) is 0.682. The van der Waals surface area contributed by atoms with Crippen molar-refractivity contribution in [3.63, 3.8) is 0 Å². The van der Waals surface area contributed by atoms with E-state index in [4.69, 9.17) is 30.5 Å². The van der Waals surface area contributed by atoms with Crippen LogP contribution < -0.4 is 24.8 Å². The smallest absolute Gasteiger partial charge is 0.255 e. The molecule has 2 N–H and O–H groups in total. The Morgan fingerprint density at radius 3 is 2.77 bits per heavy atom. The number of carbonyl (C=O) groups is 1. The lowest BCUT2D eigenvalue weighted by Gasteiger charge is -2.38. The number of piperidine rings is 1. The Bertz CT molecular complexity index is 748. The van der Waals surface area contributed by atoms with E-state index in [0.717, 1.165) is 45.4 Å². The van der Waals surface area contributed by atoms with E-state index in [1.54, 1.807) is 13.2 Å². The van der Waals surface area contributed by atoms with Crippen LogP contribution in [0.15, 0.2) is 6.07 Å². The second-order valence-electron chi connectivity index (χ2n) is 7.94. The highest BCUT2D eigenvalue weighted by Crippen LogP contribution is 2.46. The summed E-state index contributed by atoms with van der Waals surface area (Å²) in [6, 6.07) is 1.58. The van der Waals surface area contributed by atoms with Crippen LogP contribution in [0.25, 0.3) is 0 Å². The van der Waals surface area contributed by atoms with Gasteiger partial charge in [0.1, 0.15) is 0 Å². The lowest BCUT2D eigenvalue weighted by atomic mass is 9.93. The summed E-state index contributed by atoms with van der Waals surface area (Å²) in [6.45, 7) is 5.41. The summed E-state index contributed by atoms with van der Waals surface area (Å²) in [7, 11) is 5.23. The molecule has 174 valence electrons. The molecule has 8 nitrogen and oxygen atoms in total. The number of ether oxygens (including phenoxy) is 4. The van der Waals surface area contributed by atoms with E-state index in [2.05, 4.69) is 15.5 Å². The molecule has 0 unspecified atom stereocenters. The van der Waals surface area contributed by atoms with Crippen molar-refractivity contribution in [2.24, 2.45) is 5.92 Å². The van der Waals surface area contributed by atoms with Crippen molar-refractivity contribution in [3.8, 4) is 17.2 Å². The van der Waals surface area contributed by atoms with Gasteiger partial charge in [-0.3, -0.25) is 4.79 Å². The third-order valence-electron chi connectivity index (χ3n) is 5.88. The van der Waals surface area contributed by atoms with Gasteiger partial charge in [-0.2, -0.15) is 0 Å². The maximum atomic E-state index is 13.1. The van der Waals surface area contributed by atoms with Gasteiger partial charge in [-0.15, -0.1) is 0 Å². The molecule has 0 radical (unpaired) electrons. The standard InChI is InChI=1S/C22H34ClN3O5/c1-24-7-4-8-26-9-6-15(18(14-26)28-2)13-25-22(27)16-12-17(23)20(29-3)21-19(16)30-10-5-11-31-21/h12,15,18,24H,4-11,13-14H2,1-3H3,(H,25,27)/t15-,18+/m0/s1. The molecule has 3 rings (SSSR count). The number of methoxy groups -OCH3 is 2. The molecule has 0 spiro atoms. The van der Waals surface area contributed by atoms with Crippen LogP contribution in [-0.2, 0) is 4.74 Å². The average Bonchev–Trinajstić information content (AvgIpc) is 3.03. The van der Waals surface area contributed by atoms with Crippen LogP contribution >= 0.6 is 11.6 Å². The first-order valence-corrected chi connectivity index (χ1v) is 11.3. The lowest BCUT2D eigenvalue weighted by Crippen LogP contribution is -2.48. The van der Waals surface area contributed by atoms with Crippen LogP contribution in [0, 0.1) is 5.92 Å². The summed E-state index contributed by atoms with van der Waals surface area (Å²) in [6.07, 6.45) is 2.89. The summed E-state index contributed by atoms with van der Waals surface area (Å²) in [5.74, 6) is 1.18. The highest BCUT2D eigenvalue weighted by atomic mass is 35.5. The fourth-order valence-corrected chi connectivity index (χ4v) is 4.44. The van der Waals surface area contributed by atoms with Gasteiger partial charge in [0.25, 0.3) is 5.91 Å². The normalized spacial score (nSPS) is 21.4. The zero-order valence-electron chi connectivity index (χ0n) is 18.7. The van der Waals surface area contributed by atoms with Crippen molar-refractivity contribution in [3.05, 3.63) is 16.7 Å². The van der Waals surface area contributed by atoms with Gasteiger partial charge in [0.2, 0.25) is 5.75 Å². The van der Waals surface area contributed by atoms with Gasteiger partial charge < -0.3 is 34.5 Å². The summed E-state index contributed by atoms with van der Waals surface area (Å²) < 4.78 is 22.7. The Morgan fingerprint density at radius 1 is 1.29 bits per heavy atom. The number of amides is 1. The molecule has 1 aromatic carbocycles. The lowest BCUT2D eigenvalue weighted by molar-refractivity contribution is -0.0105. The number of nitrogens with zero attached hydrogens (tertiary/aromatic N) is 1. The quantitative estimate of drug-likeness (QED) is 0.552. The molecule has 0 saturated carbocycles. The monoisotopic (exact) mass is 455 g/mol. The largest absolute Gasteiger partial charge is 0.491 e. The van der Waals surface area contributed by atoms with E-state index in [-0.39, 0.29) is 17.9 Å². The Hall–Kier alpha value is -1.74. The maximum Gasteiger partial charge on any atom is 0.255 e. The molecule has 2 atom stereocenters. The zero-order chi connectivity index (χ0) is 22.2. The summed E-state index contributed by atoms with van der Waals surface area (Å²) in [5.41, 5.74) is 0.362. The molecule has 1 saturated heterocycles. The van der Waals surface area contributed by atoms with Gasteiger partial charge in [0.05, 0.1) is 37.0 Å². The molecule has 9 heteroatoms. The van der Waals surface area contributed by atoms with Crippen molar-refractivity contribution in [1.29, 1.82) is 0 Å². The minimum Gasteiger partial charge on any atom is -0.491 e. The highest BCUT2D eigenvalue weighted by Gasteiger charge is 2.31. The summed E-state index contributed by atoms with van der Waals surface area (Å²) in [4.78, 5) is 15.5. The van der Waals surface area contributed by atoms with Crippen molar-refractivity contribution >= 4 is 17.5 Å². The molecule has 31 heavy (non-hydrogen) atoms. The molecule has 1 amide bonds. The predicted molar refractivity (Wildman–Crippen MR) is 120 cm³/mol. The number of hydrogen-bond donors (Lipinski definition) is 2. The van der Waals surface area contributed by atoms with Gasteiger partial charge >= 0.3 is 0 Å². The molecular weight excluding hydrogens is 422 g/mol. The third-order valence-corrected chi connectivity index (χ3v) is 6.16. The van der Waals surface area contributed by atoms with Crippen LogP contribution in [0.5, 0.6) is 17.2 Å². The molecular formula is C22H34ClN3O5. The van der Waals surface area contributed by atoms with Crippen LogP contribution in [0.2, 0.25) is 5.02 Å². The second kappa shape index (κ2) is 11.8. The highest BCUT2D eigenvalue weighted by molar-refractivity contribution is 6.33. The van der Waals surface area contributed by atoms with Crippen molar-refractivity contribution < 1.29 is 23.7 Å². The summed E-state index contributed by atoms with van der Waals surface area (Å²) >= 11 is 6.36. The molecule has 0 aromatic heterocycles. The van der Waals surface area contributed by atoms with Crippen LogP contribution in [0.4, 0.5) is 0 Å². The number of halogens is 1. The van der Waals surface area contributed by atoms with Crippen molar-refractivity contribution in [1.82, 2.24) is 15.5 Å². The topological polar surface area (TPSA) is 81.3 Å². The molecule has 2 aliphatic rings. The Morgan fingerprint density at radius 2 is 2.06 bits per heavy atom. The Labute approximate surface area is 189 Å². The van der Waals surface area contributed by atoms with Crippen LogP contribution in [0.3, 0.4) is 0 Å². The predicted octanol–water partition coefficient (Wildman–Crippen LogP) is 2.19. The fourth-order valence-electron chi connectivity index (χ4n) is 4.16. The molecule has 2 heterocycles. The minimum atomic E-state index is -0.238. The first-order valence-electron chi connectivity index (χ1n) is 10.9. The number of fused-ring (bicyclic) bond motifs is 1. The zero-order valence-corrected chi connectivity index (χ0v) is 19.4. The first kappa shape index (κ1) is 23.9. The average molecular weight is 456 g/mol. The van der Waals surface area contributed by atoms with Gasteiger partial charge in [-0.1, -0.05) is 11.6 Å². The second-order valence-corrected chi connectivity index (χ2v) is 8.35. The van der Waals surface area contributed by atoms with Gasteiger partial charge in [0.15, 0.2) is 11.5 Å². The third kappa shape index (κ3) is 5.94. The number of hydrogen-bond acceptors (Lipinski definition) is 7. The number of carbonyl (C=O) groups excluding carboxylic acids is 1. The van der Waals surface area contributed by atoms with E-state index in [1.165, 1.54) is 7.11 Å². The van der Waals surface area contributed by atoms with Crippen molar-refractivity contribution in [2.45, 2.75) is 25.4 Å². The number of nitrogens with one attached hydrogen (secondary N) is 2. The van der Waals surface area contributed by atoms with E-state index in [1.807, 2.05) is 7.05 Å². The molecule has 1 aromatic rings.